The fraction of sp³-hybridized carbons (Fsp3) is 0.714. The van der Waals surface area contributed by atoms with Gasteiger partial charge in [-0.3, -0.25) is 0 Å². The molecule has 1 heterocycles. The zero-order chi connectivity index (χ0) is 5.82. The lowest BCUT2D eigenvalue weighted by Gasteiger charge is -1.84. The van der Waals surface area contributed by atoms with Crippen LogP contribution >= 0.6 is 0 Å². The van der Waals surface area contributed by atoms with Crippen molar-refractivity contribution in [2.24, 2.45) is 0 Å². The molecule has 1 saturated heterocycles. The molecular formula is C7H12O. The summed E-state index contributed by atoms with van der Waals surface area (Å²) in [5.74, 6) is 0. The summed E-state index contributed by atoms with van der Waals surface area (Å²) in [4.78, 5) is 0. The van der Waals surface area contributed by atoms with Crippen LogP contribution in [0.2, 0.25) is 0 Å². The van der Waals surface area contributed by atoms with Crippen molar-refractivity contribution >= 4 is 0 Å². The molecule has 0 bridgehead atoms. The summed E-state index contributed by atoms with van der Waals surface area (Å²) in [5.41, 5.74) is 0. The third kappa shape index (κ3) is 2.12. The monoisotopic (exact) mass is 112 g/mol. The molecular weight excluding hydrogens is 100 g/mol. The smallest absolute Gasteiger partial charge is 0.0812 e. The van der Waals surface area contributed by atoms with Crippen LogP contribution in [0.1, 0.15) is 19.8 Å². The normalized spacial score (nSPS) is 26.9. The zero-order valence-corrected chi connectivity index (χ0v) is 5.26. The van der Waals surface area contributed by atoms with Gasteiger partial charge in [0.1, 0.15) is 0 Å². The molecule has 1 aliphatic heterocycles. The standard InChI is InChI=1S/C7H12O/c1-2-3-4-5-7-6-8-7/h2-3,7H,4-6H2,1H3/t7-/m1/s1. The second-order valence-electron chi connectivity index (χ2n) is 2.10. The van der Waals surface area contributed by atoms with Gasteiger partial charge in [-0.1, -0.05) is 12.2 Å². The Morgan fingerprint density at radius 1 is 1.75 bits per heavy atom. The van der Waals surface area contributed by atoms with Gasteiger partial charge in [-0.25, -0.2) is 0 Å². The van der Waals surface area contributed by atoms with E-state index in [4.69, 9.17) is 4.74 Å². The molecule has 0 amide bonds. The minimum Gasteiger partial charge on any atom is -0.373 e. The van der Waals surface area contributed by atoms with Crippen LogP contribution in [0.5, 0.6) is 0 Å². The van der Waals surface area contributed by atoms with Crippen LogP contribution in [0.15, 0.2) is 12.2 Å². The molecule has 0 N–H and O–H groups in total. The van der Waals surface area contributed by atoms with Gasteiger partial charge in [-0.05, 0) is 19.8 Å². The zero-order valence-electron chi connectivity index (χ0n) is 5.26. The van der Waals surface area contributed by atoms with Crippen molar-refractivity contribution in [2.45, 2.75) is 25.9 Å². The van der Waals surface area contributed by atoms with E-state index in [9.17, 15) is 0 Å². The van der Waals surface area contributed by atoms with Gasteiger partial charge in [0.15, 0.2) is 0 Å². The maximum atomic E-state index is 5.02. The topological polar surface area (TPSA) is 12.5 Å². The molecule has 0 aromatic rings. The van der Waals surface area contributed by atoms with Crippen molar-refractivity contribution in [1.82, 2.24) is 0 Å². The molecule has 1 aliphatic rings. The molecule has 0 unspecified atom stereocenters. The lowest BCUT2D eigenvalue weighted by molar-refractivity contribution is 0.398. The predicted molar refractivity (Wildman–Crippen MR) is 33.8 cm³/mol. The maximum Gasteiger partial charge on any atom is 0.0812 e. The van der Waals surface area contributed by atoms with Crippen LogP contribution in [-0.4, -0.2) is 12.7 Å². The molecule has 0 aromatic carbocycles. The average molecular weight is 112 g/mol. The quantitative estimate of drug-likeness (QED) is 0.400. The van der Waals surface area contributed by atoms with Crippen molar-refractivity contribution < 1.29 is 4.74 Å². The molecule has 0 radical (unpaired) electrons. The molecule has 8 heavy (non-hydrogen) atoms. The van der Waals surface area contributed by atoms with E-state index in [-0.39, 0.29) is 0 Å². The molecule has 1 nitrogen and oxygen atoms in total. The average Bonchev–Trinajstić information content (AvgIpc) is 2.51. The van der Waals surface area contributed by atoms with E-state index < -0.39 is 0 Å². The van der Waals surface area contributed by atoms with Gasteiger partial charge in [-0.15, -0.1) is 0 Å². The second-order valence-corrected chi connectivity index (χ2v) is 2.10. The fourth-order valence-corrected chi connectivity index (χ4v) is 0.683. The van der Waals surface area contributed by atoms with Gasteiger partial charge in [-0.2, -0.15) is 0 Å². The highest BCUT2D eigenvalue weighted by Gasteiger charge is 2.20. The van der Waals surface area contributed by atoms with Crippen molar-refractivity contribution in [3.63, 3.8) is 0 Å². The van der Waals surface area contributed by atoms with Crippen molar-refractivity contribution in [3.8, 4) is 0 Å². The van der Waals surface area contributed by atoms with Gasteiger partial charge in [0.05, 0.1) is 12.7 Å². The molecule has 1 heteroatoms. The second kappa shape index (κ2) is 2.88. The van der Waals surface area contributed by atoms with E-state index in [1.165, 1.54) is 12.8 Å². The lowest BCUT2D eigenvalue weighted by Crippen LogP contribution is -1.80. The Balaban J connectivity index is 1.88. The van der Waals surface area contributed by atoms with Gasteiger partial charge in [0.25, 0.3) is 0 Å². The van der Waals surface area contributed by atoms with Crippen LogP contribution in [0, 0.1) is 0 Å². The number of rotatable bonds is 3. The number of hydrogen-bond acceptors (Lipinski definition) is 1. The summed E-state index contributed by atoms with van der Waals surface area (Å²) in [7, 11) is 0. The van der Waals surface area contributed by atoms with Gasteiger partial charge >= 0.3 is 0 Å². The number of epoxide rings is 1. The summed E-state index contributed by atoms with van der Waals surface area (Å²) >= 11 is 0. The first-order chi connectivity index (χ1) is 3.93. The van der Waals surface area contributed by atoms with Crippen LogP contribution in [0.3, 0.4) is 0 Å². The summed E-state index contributed by atoms with van der Waals surface area (Å²) in [6.07, 6.45) is 7.27. The number of hydrogen-bond donors (Lipinski definition) is 0. The van der Waals surface area contributed by atoms with Crippen molar-refractivity contribution in [3.05, 3.63) is 12.2 Å². The van der Waals surface area contributed by atoms with E-state index in [2.05, 4.69) is 12.2 Å². The summed E-state index contributed by atoms with van der Waals surface area (Å²) in [6, 6.07) is 0. The van der Waals surface area contributed by atoms with Gasteiger partial charge in [0, 0.05) is 0 Å². The SMILES string of the molecule is CC=CCC[C@@H]1CO1. The van der Waals surface area contributed by atoms with E-state index in [1.807, 2.05) is 6.92 Å². The molecule has 46 valence electrons. The first kappa shape index (κ1) is 5.83. The number of ether oxygens (including phenoxy) is 1. The molecule has 0 spiro atoms. The molecule has 1 atom stereocenters. The summed E-state index contributed by atoms with van der Waals surface area (Å²) < 4.78 is 5.02. The number of allylic oxidation sites excluding steroid dienone is 2. The Hall–Kier alpha value is -0.300. The Bertz CT molecular complexity index is 82.4. The van der Waals surface area contributed by atoms with Crippen molar-refractivity contribution in [1.29, 1.82) is 0 Å². The highest BCUT2D eigenvalue weighted by Crippen LogP contribution is 2.15. The molecule has 0 aliphatic carbocycles. The first-order valence-electron chi connectivity index (χ1n) is 3.16. The van der Waals surface area contributed by atoms with Crippen molar-refractivity contribution in [2.75, 3.05) is 6.61 Å². The molecule has 0 saturated carbocycles. The molecule has 1 rings (SSSR count). The summed E-state index contributed by atoms with van der Waals surface area (Å²) in [6.45, 7) is 3.05. The minimum atomic E-state index is 0.603. The van der Waals surface area contributed by atoms with E-state index in [1.54, 1.807) is 0 Å². The van der Waals surface area contributed by atoms with Crippen LogP contribution in [0.4, 0.5) is 0 Å². The minimum absolute atomic E-state index is 0.603. The highest BCUT2D eigenvalue weighted by atomic mass is 16.6. The van der Waals surface area contributed by atoms with Gasteiger partial charge in [0.2, 0.25) is 0 Å². The third-order valence-electron chi connectivity index (χ3n) is 1.29. The Kier molecular flexibility index (Phi) is 2.10. The lowest BCUT2D eigenvalue weighted by atomic mass is 10.2. The van der Waals surface area contributed by atoms with E-state index in [0.717, 1.165) is 6.61 Å². The van der Waals surface area contributed by atoms with E-state index >= 15 is 0 Å². The largest absolute Gasteiger partial charge is 0.373 e. The first-order valence-corrected chi connectivity index (χ1v) is 3.16. The van der Waals surface area contributed by atoms with E-state index in [0.29, 0.717) is 6.10 Å². The molecule has 1 fully saturated rings. The van der Waals surface area contributed by atoms with Crippen LogP contribution in [0.25, 0.3) is 0 Å². The maximum absolute atomic E-state index is 5.02. The summed E-state index contributed by atoms with van der Waals surface area (Å²) in [5, 5.41) is 0. The Morgan fingerprint density at radius 3 is 3.00 bits per heavy atom. The van der Waals surface area contributed by atoms with Crippen LogP contribution in [-0.2, 0) is 4.74 Å². The predicted octanol–water partition coefficient (Wildman–Crippen LogP) is 1.74. The van der Waals surface area contributed by atoms with Crippen LogP contribution < -0.4 is 0 Å². The molecule has 0 aromatic heterocycles. The highest BCUT2D eigenvalue weighted by molar-refractivity contribution is 4.80. The fourth-order valence-electron chi connectivity index (χ4n) is 0.683. The van der Waals surface area contributed by atoms with Gasteiger partial charge < -0.3 is 4.74 Å². The Labute approximate surface area is 50.3 Å². The third-order valence-corrected chi connectivity index (χ3v) is 1.29. The Morgan fingerprint density at radius 2 is 2.50 bits per heavy atom.